The molecule has 4 heterocycles. The zero-order chi connectivity index (χ0) is 20.5. The maximum absolute atomic E-state index is 9.45. The van der Waals surface area contributed by atoms with E-state index in [1.807, 2.05) is 21.2 Å². The van der Waals surface area contributed by atoms with Gasteiger partial charge in [0.2, 0.25) is 0 Å². The average Bonchev–Trinajstić information content (AvgIpc) is 3.53. The van der Waals surface area contributed by atoms with Crippen molar-refractivity contribution in [1.29, 1.82) is 5.26 Å². The quantitative estimate of drug-likeness (QED) is 0.558. The third-order valence-electron chi connectivity index (χ3n) is 5.10. The second-order valence-corrected chi connectivity index (χ2v) is 7.05. The number of imidazole rings is 2. The largest absolute Gasteiger partial charge is 0.306 e. The third kappa shape index (κ3) is 3.27. The van der Waals surface area contributed by atoms with Crippen molar-refractivity contribution in [2.24, 2.45) is 10.7 Å². The van der Waals surface area contributed by atoms with E-state index >= 15 is 0 Å². The lowest BCUT2D eigenvalue weighted by Gasteiger charge is -2.07. The minimum atomic E-state index is -0.340. The van der Waals surface area contributed by atoms with E-state index in [2.05, 4.69) is 50.3 Å². The van der Waals surface area contributed by atoms with Crippen LogP contribution in [0.25, 0.3) is 16.9 Å². The van der Waals surface area contributed by atoms with Crippen LogP contribution in [0.2, 0.25) is 0 Å². The van der Waals surface area contributed by atoms with Crippen LogP contribution in [0.1, 0.15) is 22.6 Å². The minimum absolute atomic E-state index is 0.340. The van der Waals surface area contributed by atoms with Crippen LogP contribution in [0.15, 0.2) is 66.4 Å². The van der Waals surface area contributed by atoms with Crippen molar-refractivity contribution >= 4 is 17.4 Å². The highest BCUT2D eigenvalue weighted by Crippen LogP contribution is 2.22. The Morgan fingerprint density at radius 3 is 2.73 bits per heavy atom. The smallest absolute Gasteiger partial charge is 0.159 e. The average molecular weight is 394 g/mol. The predicted molar refractivity (Wildman–Crippen MR) is 113 cm³/mol. The lowest BCUT2D eigenvalue weighted by atomic mass is 10.1. The fraction of sp³-hybridized carbons (Fsp3) is 0.136. The summed E-state index contributed by atoms with van der Waals surface area (Å²) in [6, 6.07) is 10.5. The molecule has 1 unspecified atom stereocenters. The highest BCUT2D eigenvalue weighted by molar-refractivity contribution is 6.11. The first-order valence-electron chi connectivity index (χ1n) is 9.56. The van der Waals surface area contributed by atoms with Gasteiger partial charge in [-0.3, -0.25) is 9.39 Å². The van der Waals surface area contributed by atoms with Crippen molar-refractivity contribution in [3.63, 3.8) is 0 Å². The SMILES string of the molecule is N#Cc1cn2c(C3=CC(N)N=C3)cnc2c(CCc2ccc(-n3ccnc3)cc2)n1. The summed E-state index contributed by atoms with van der Waals surface area (Å²) in [5.41, 5.74) is 11.7. The standard InChI is InChI=1S/C22H18N8/c23-10-17-13-30-20(16-9-21(24)26-11-16)12-27-22(30)19(28-17)6-3-15-1-4-18(5-2-15)29-8-7-25-14-29/h1-2,4-5,7-9,11-14,21H,3,6,24H2. The summed E-state index contributed by atoms with van der Waals surface area (Å²) in [6.07, 6.45) is 13.7. The van der Waals surface area contributed by atoms with Gasteiger partial charge in [0.1, 0.15) is 12.2 Å². The number of hydrogen-bond acceptors (Lipinski definition) is 6. The highest BCUT2D eigenvalue weighted by atomic mass is 15.0. The van der Waals surface area contributed by atoms with Crippen LogP contribution in [-0.2, 0) is 12.8 Å². The Labute approximate surface area is 172 Å². The molecule has 0 spiro atoms. The number of aryl methyl sites for hydroxylation is 2. The van der Waals surface area contributed by atoms with Crippen LogP contribution in [0.5, 0.6) is 0 Å². The normalized spacial score (nSPS) is 15.5. The third-order valence-corrected chi connectivity index (χ3v) is 5.10. The first-order chi connectivity index (χ1) is 14.7. The van der Waals surface area contributed by atoms with Gasteiger partial charge in [0.05, 0.1) is 23.9 Å². The van der Waals surface area contributed by atoms with Crippen LogP contribution in [0.4, 0.5) is 0 Å². The van der Waals surface area contributed by atoms with Crippen LogP contribution in [0.3, 0.4) is 0 Å². The zero-order valence-electron chi connectivity index (χ0n) is 16.1. The number of benzene rings is 1. The van der Waals surface area contributed by atoms with Gasteiger partial charge in [-0.2, -0.15) is 5.26 Å². The number of nitrogens with zero attached hydrogens (tertiary/aromatic N) is 7. The molecule has 30 heavy (non-hydrogen) atoms. The summed E-state index contributed by atoms with van der Waals surface area (Å²) in [7, 11) is 0. The van der Waals surface area contributed by atoms with Gasteiger partial charge in [-0.15, -0.1) is 0 Å². The second-order valence-electron chi connectivity index (χ2n) is 7.05. The molecule has 0 fully saturated rings. The van der Waals surface area contributed by atoms with Crippen molar-refractivity contribution in [2.45, 2.75) is 19.0 Å². The number of fused-ring (bicyclic) bond motifs is 1. The summed E-state index contributed by atoms with van der Waals surface area (Å²) in [6.45, 7) is 0. The van der Waals surface area contributed by atoms with Gasteiger partial charge < -0.3 is 10.3 Å². The molecule has 1 aliphatic heterocycles. The van der Waals surface area contributed by atoms with Gasteiger partial charge in [-0.1, -0.05) is 12.1 Å². The molecule has 8 nitrogen and oxygen atoms in total. The summed E-state index contributed by atoms with van der Waals surface area (Å²) < 4.78 is 3.86. The first kappa shape index (κ1) is 18.0. The van der Waals surface area contributed by atoms with E-state index in [4.69, 9.17) is 5.73 Å². The Hall–Kier alpha value is -4.09. The molecule has 1 aromatic carbocycles. The zero-order valence-corrected chi connectivity index (χ0v) is 16.1. The Morgan fingerprint density at radius 1 is 1.17 bits per heavy atom. The summed E-state index contributed by atoms with van der Waals surface area (Å²) in [5.74, 6) is 0. The molecular formula is C22H18N8. The lowest BCUT2D eigenvalue weighted by Crippen LogP contribution is -2.10. The van der Waals surface area contributed by atoms with Gasteiger partial charge in [-0.25, -0.2) is 15.0 Å². The molecule has 0 bridgehead atoms. The number of hydrogen-bond donors (Lipinski definition) is 1. The molecule has 2 N–H and O–H groups in total. The molecule has 0 aliphatic carbocycles. The van der Waals surface area contributed by atoms with Crippen molar-refractivity contribution in [3.8, 4) is 11.8 Å². The maximum atomic E-state index is 9.45. The van der Waals surface area contributed by atoms with E-state index in [9.17, 15) is 5.26 Å². The van der Waals surface area contributed by atoms with Crippen molar-refractivity contribution in [2.75, 3.05) is 0 Å². The molecule has 146 valence electrons. The maximum Gasteiger partial charge on any atom is 0.159 e. The molecular weight excluding hydrogens is 376 g/mol. The fourth-order valence-corrected chi connectivity index (χ4v) is 3.58. The van der Waals surface area contributed by atoms with E-state index in [0.717, 1.165) is 34.7 Å². The first-order valence-corrected chi connectivity index (χ1v) is 9.56. The van der Waals surface area contributed by atoms with Crippen LogP contribution in [-0.4, -0.2) is 36.3 Å². The fourth-order valence-electron chi connectivity index (χ4n) is 3.58. The molecule has 4 aromatic rings. The van der Waals surface area contributed by atoms with Gasteiger partial charge in [0.15, 0.2) is 11.3 Å². The number of rotatable bonds is 5. The molecule has 5 rings (SSSR count). The van der Waals surface area contributed by atoms with Gasteiger partial charge in [0, 0.05) is 36.1 Å². The Kier molecular flexibility index (Phi) is 4.42. The molecule has 3 aromatic heterocycles. The Morgan fingerprint density at radius 2 is 2.03 bits per heavy atom. The molecule has 0 radical (unpaired) electrons. The summed E-state index contributed by atoms with van der Waals surface area (Å²) >= 11 is 0. The van der Waals surface area contributed by atoms with E-state index in [1.54, 1.807) is 31.1 Å². The number of nitriles is 1. The van der Waals surface area contributed by atoms with E-state index in [0.29, 0.717) is 12.1 Å². The van der Waals surface area contributed by atoms with Gasteiger partial charge >= 0.3 is 0 Å². The molecule has 8 heteroatoms. The number of allylic oxidation sites excluding steroid dienone is 1. The number of aliphatic imine (C=N–C) groups is 1. The van der Waals surface area contributed by atoms with Crippen molar-refractivity contribution in [1.82, 2.24) is 23.9 Å². The summed E-state index contributed by atoms with van der Waals surface area (Å²) in [5, 5.41) is 9.45. The topological polar surface area (TPSA) is 110 Å². The van der Waals surface area contributed by atoms with Gasteiger partial charge in [0.25, 0.3) is 0 Å². The van der Waals surface area contributed by atoms with Crippen molar-refractivity contribution < 1.29 is 0 Å². The number of nitrogens with two attached hydrogens (primary N) is 1. The number of aromatic nitrogens is 5. The Bertz CT molecular complexity index is 1300. The summed E-state index contributed by atoms with van der Waals surface area (Å²) in [4.78, 5) is 17.3. The van der Waals surface area contributed by atoms with Crippen LogP contribution in [0, 0.1) is 11.3 Å². The van der Waals surface area contributed by atoms with E-state index in [-0.39, 0.29) is 6.17 Å². The van der Waals surface area contributed by atoms with Gasteiger partial charge in [-0.05, 0) is 36.6 Å². The Balaban J connectivity index is 1.43. The second kappa shape index (κ2) is 7.39. The monoisotopic (exact) mass is 394 g/mol. The van der Waals surface area contributed by atoms with Crippen LogP contribution < -0.4 is 5.73 Å². The minimum Gasteiger partial charge on any atom is -0.306 e. The molecule has 1 atom stereocenters. The molecule has 0 saturated carbocycles. The van der Waals surface area contributed by atoms with Crippen LogP contribution >= 0.6 is 0 Å². The predicted octanol–water partition coefficient (Wildman–Crippen LogP) is 2.32. The van der Waals surface area contributed by atoms with E-state index in [1.165, 1.54) is 5.56 Å². The lowest BCUT2D eigenvalue weighted by molar-refractivity contribution is 0.892. The van der Waals surface area contributed by atoms with Crippen molar-refractivity contribution in [3.05, 3.63) is 84.1 Å². The molecule has 0 saturated heterocycles. The van der Waals surface area contributed by atoms with E-state index < -0.39 is 0 Å². The highest BCUT2D eigenvalue weighted by Gasteiger charge is 2.16. The molecule has 1 aliphatic rings. The molecule has 0 amide bonds.